The maximum atomic E-state index is 12.9. The molecule has 6 rings (SSSR count). The number of anilines is 2. The van der Waals surface area contributed by atoms with Crippen LogP contribution in [0.1, 0.15) is 18.4 Å². The number of aromatic nitrogens is 5. The number of benzene rings is 1. The molecule has 13 heteroatoms. The minimum Gasteiger partial charge on any atom is -0.465 e. The Morgan fingerprint density at radius 2 is 1.95 bits per heavy atom. The molecule has 0 aliphatic carbocycles. The van der Waals surface area contributed by atoms with Gasteiger partial charge in [-0.15, -0.1) is 0 Å². The summed E-state index contributed by atoms with van der Waals surface area (Å²) in [6.07, 6.45) is 6.23. The zero-order valence-corrected chi connectivity index (χ0v) is 23.7. The van der Waals surface area contributed by atoms with E-state index in [1.54, 1.807) is 23.3 Å². The Kier molecular flexibility index (Phi) is 7.59. The van der Waals surface area contributed by atoms with Gasteiger partial charge in [0.1, 0.15) is 11.4 Å². The van der Waals surface area contributed by atoms with Crippen molar-refractivity contribution in [2.24, 2.45) is 0 Å². The van der Waals surface area contributed by atoms with Crippen molar-refractivity contribution in [3.8, 4) is 11.4 Å². The molecule has 0 bridgehead atoms. The summed E-state index contributed by atoms with van der Waals surface area (Å²) in [6.45, 7) is 7.82. The van der Waals surface area contributed by atoms with E-state index in [4.69, 9.17) is 16.6 Å². The van der Waals surface area contributed by atoms with Gasteiger partial charge < -0.3 is 30.2 Å². The quantitative estimate of drug-likeness (QED) is 0.261. The molecular weight excluding hydrogens is 546 g/mol. The fourth-order valence-electron chi connectivity index (χ4n) is 5.97. The number of aryl methyl sites for hydroxylation is 1. The lowest BCUT2D eigenvalue weighted by Crippen LogP contribution is -2.54. The van der Waals surface area contributed by atoms with E-state index in [-0.39, 0.29) is 5.56 Å². The zero-order chi connectivity index (χ0) is 28.5. The molecule has 2 aliphatic heterocycles. The average molecular weight is 580 g/mol. The van der Waals surface area contributed by atoms with Crippen LogP contribution >= 0.6 is 11.6 Å². The molecule has 0 radical (unpaired) electrons. The molecule has 1 amide bonds. The second kappa shape index (κ2) is 11.5. The highest BCUT2D eigenvalue weighted by molar-refractivity contribution is 6.30. The third-order valence-corrected chi connectivity index (χ3v) is 8.34. The van der Waals surface area contributed by atoms with Gasteiger partial charge in [-0.3, -0.25) is 14.4 Å². The van der Waals surface area contributed by atoms with E-state index in [1.807, 2.05) is 6.07 Å². The van der Waals surface area contributed by atoms with Gasteiger partial charge in [-0.05, 0) is 43.5 Å². The van der Waals surface area contributed by atoms with Crippen molar-refractivity contribution in [3.63, 3.8) is 0 Å². The van der Waals surface area contributed by atoms with Gasteiger partial charge >= 0.3 is 6.09 Å². The van der Waals surface area contributed by atoms with E-state index < -0.39 is 6.09 Å². The molecule has 4 aromatic rings. The summed E-state index contributed by atoms with van der Waals surface area (Å²) in [5.74, 6) is 0.519. The number of carbonyl (C=O) groups is 1. The summed E-state index contributed by atoms with van der Waals surface area (Å²) in [4.78, 5) is 41.5. The van der Waals surface area contributed by atoms with Gasteiger partial charge in [-0.2, -0.15) is 5.10 Å². The van der Waals surface area contributed by atoms with Crippen molar-refractivity contribution in [1.82, 2.24) is 34.5 Å². The summed E-state index contributed by atoms with van der Waals surface area (Å²) < 4.78 is 1.75. The van der Waals surface area contributed by atoms with Crippen molar-refractivity contribution in [1.29, 1.82) is 0 Å². The van der Waals surface area contributed by atoms with Crippen LogP contribution < -0.4 is 15.8 Å². The highest BCUT2D eigenvalue weighted by Gasteiger charge is 2.29. The number of H-pyrrole nitrogens is 2. The first-order chi connectivity index (χ1) is 19.9. The summed E-state index contributed by atoms with van der Waals surface area (Å²) in [5.41, 5.74) is 4.85. The van der Waals surface area contributed by atoms with Gasteiger partial charge in [0.25, 0.3) is 5.56 Å². The Morgan fingerprint density at radius 1 is 1.17 bits per heavy atom. The molecule has 0 spiro atoms. The number of rotatable bonds is 7. The molecule has 12 nitrogen and oxygen atoms in total. The van der Waals surface area contributed by atoms with Gasteiger partial charge in [-0.1, -0.05) is 11.6 Å². The van der Waals surface area contributed by atoms with Crippen LogP contribution in [-0.2, 0) is 6.54 Å². The molecule has 0 unspecified atom stereocenters. The summed E-state index contributed by atoms with van der Waals surface area (Å²) >= 11 is 5.96. The van der Waals surface area contributed by atoms with Crippen molar-refractivity contribution in [2.75, 3.05) is 56.0 Å². The number of amides is 1. The highest BCUT2D eigenvalue weighted by Crippen LogP contribution is 2.31. The molecule has 0 atom stereocenters. The second-order valence-corrected chi connectivity index (χ2v) is 11.1. The average Bonchev–Trinajstić information content (AvgIpc) is 3.59. The van der Waals surface area contributed by atoms with Crippen molar-refractivity contribution in [2.45, 2.75) is 32.4 Å². The highest BCUT2D eigenvalue weighted by atomic mass is 35.5. The Morgan fingerprint density at radius 3 is 2.66 bits per heavy atom. The smallest absolute Gasteiger partial charge is 0.407 e. The molecule has 5 heterocycles. The number of pyridine rings is 1. The Balaban J connectivity index is 1.16. The summed E-state index contributed by atoms with van der Waals surface area (Å²) in [6, 6.07) is 6.61. The molecule has 2 aliphatic rings. The first-order valence-electron chi connectivity index (χ1n) is 14.0. The standard InChI is InChI=1S/C28H34ClN9O3/c1-18-14-21(35-7-3-20(4-8-35)36-10-12-37(13-11-36)28(40)41)15-23-25(18)34-26(33-23)24-22(2-5-31-27(24)39)30-6-9-38-17-19(29)16-32-38/h2,5,14-17,20H,3-4,6-13H2,1H3,(H,33,34)(H,40,41)(H2,30,31,39). The predicted octanol–water partition coefficient (Wildman–Crippen LogP) is 3.45. The number of nitrogens with one attached hydrogen (secondary N) is 3. The molecule has 0 saturated carbocycles. The molecular formula is C28H34ClN9O3. The van der Waals surface area contributed by atoms with Crippen LogP contribution in [0.25, 0.3) is 22.4 Å². The van der Waals surface area contributed by atoms with E-state index >= 15 is 0 Å². The lowest BCUT2D eigenvalue weighted by molar-refractivity contribution is 0.0775. The SMILES string of the molecule is Cc1cc(N2CCC(N3CCN(C(=O)O)CC3)CC2)cc2[nH]c(-c3c(NCCn4cc(Cl)cn4)cc[nH]c3=O)nc12. The molecule has 216 valence electrons. The summed E-state index contributed by atoms with van der Waals surface area (Å²) in [5, 5.41) is 17.4. The number of carboxylic acid groups (broad SMARTS) is 1. The first-order valence-corrected chi connectivity index (χ1v) is 14.3. The fraction of sp³-hybridized carbons (Fsp3) is 0.429. The van der Waals surface area contributed by atoms with Crippen LogP contribution in [0.5, 0.6) is 0 Å². The van der Waals surface area contributed by atoms with Crippen LogP contribution in [0.2, 0.25) is 5.02 Å². The van der Waals surface area contributed by atoms with Crippen LogP contribution in [0, 0.1) is 6.92 Å². The largest absolute Gasteiger partial charge is 0.465 e. The normalized spacial score (nSPS) is 16.9. The number of hydrogen-bond donors (Lipinski definition) is 4. The van der Waals surface area contributed by atoms with Gasteiger partial charge in [0.05, 0.1) is 34.5 Å². The third kappa shape index (κ3) is 5.75. The minimum absolute atomic E-state index is 0.222. The van der Waals surface area contributed by atoms with Gasteiger partial charge in [0.2, 0.25) is 0 Å². The lowest BCUT2D eigenvalue weighted by Gasteiger charge is -2.42. The maximum Gasteiger partial charge on any atom is 0.407 e. The van der Waals surface area contributed by atoms with Crippen LogP contribution in [-0.4, -0.2) is 97.6 Å². The number of halogens is 1. The number of nitrogens with zero attached hydrogens (tertiary/aromatic N) is 6. The molecule has 41 heavy (non-hydrogen) atoms. The number of fused-ring (bicyclic) bond motifs is 1. The minimum atomic E-state index is -0.826. The van der Waals surface area contributed by atoms with E-state index in [0.717, 1.165) is 61.3 Å². The monoisotopic (exact) mass is 579 g/mol. The lowest BCUT2D eigenvalue weighted by atomic mass is 10.0. The van der Waals surface area contributed by atoms with Crippen molar-refractivity contribution in [3.05, 3.63) is 57.7 Å². The molecule has 3 aromatic heterocycles. The number of hydrogen-bond acceptors (Lipinski definition) is 7. The van der Waals surface area contributed by atoms with Crippen LogP contribution in [0.3, 0.4) is 0 Å². The van der Waals surface area contributed by atoms with Crippen LogP contribution in [0.4, 0.5) is 16.2 Å². The molecule has 4 N–H and O–H groups in total. The Hall–Kier alpha value is -4.03. The fourth-order valence-corrected chi connectivity index (χ4v) is 6.12. The topological polar surface area (TPSA) is 138 Å². The van der Waals surface area contributed by atoms with Gasteiger partial charge in [0, 0.05) is 69.9 Å². The third-order valence-electron chi connectivity index (χ3n) is 8.15. The zero-order valence-electron chi connectivity index (χ0n) is 22.9. The Labute approximate surface area is 241 Å². The Bertz CT molecular complexity index is 1600. The van der Waals surface area contributed by atoms with Crippen molar-refractivity contribution < 1.29 is 9.90 Å². The molecule has 1 aromatic carbocycles. The number of imidazole rings is 1. The van der Waals surface area contributed by atoms with E-state index in [9.17, 15) is 14.7 Å². The first kappa shape index (κ1) is 27.2. The van der Waals surface area contributed by atoms with Gasteiger partial charge in [-0.25, -0.2) is 9.78 Å². The summed E-state index contributed by atoms with van der Waals surface area (Å²) in [7, 11) is 0. The molecule has 2 saturated heterocycles. The van der Waals surface area contributed by atoms with E-state index in [1.165, 1.54) is 4.90 Å². The number of piperidine rings is 1. The van der Waals surface area contributed by atoms with E-state index in [2.05, 4.69) is 49.2 Å². The van der Waals surface area contributed by atoms with E-state index in [0.29, 0.717) is 54.3 Å². The van der Waals surface area contributed by atoms with Gasteiger partial charge in [0.15, 0.2) is 0 Å². The molecule has 2 fully saturated rings. The number of aromatic amines is 2. The van der Waals surface area contributed by atoms with Crippen molar-refractivity contribution >= 4 is 40.1 Å². The predicted molar refractivity (Wildman–Crippen MR) is 159 cm³/mol. The van der Waals surface area contributed by atoms with Crippen LogP contribution in [0.15, 0.2) is 41.6 Å². The number of piperazine rings is 1. The second-order valence-electron chi connectivity index (χ2n) is 10.7. The maximum absolute atomic E-state index is 12.9.